The molecule has 31 heavy (non-hydrogen) atoms. The van der Waals surface area contributed by atoms with Crippen LogP contribution in [0.4, 0.5) is 10.5 Å². The molecule has 0 aliphatic carbocycles. The number of nitrogens with zero attached hydrogens (tertiary/aromatic N) is 2. The molecule has 2 aliphatic heterocycles. The number of amides is 1. The topological polar surface area (TPSA) is 111 Å². The molecule has 2 aromatic carbocycles. The summed E-state index contributed by atoms with van der Waals surface area (Å²) < 4.78 is 39.2. The van der Waals surface area contributed by atoms with Gasteiger partial charge in [-0.3, -0.25) is 9.88 Å². The van der Waals surface area contributed by atoms with Crippen molar-refractivity contribution in [1.82, 2.24) is 8.87 Å². The molecule has 0 bridgehead atoms. The van der Waals surface area contributed by atoms with Gasteiger partial charge < -0.3 is 9.15 Å². The number of carbonyl (C=O) groups is 1. The molecule has 1 N–H and O–H groups in total. The van der Waals surface area contributed by atoms with Gasteiger partial charge in [0.25, 0.3) is 0 Å². The summed E-state index contributed by atoms with van der Waals surface area (Å²) in [5.74, 6) is -0.301. The zero-order chi connectivity index (χ0) is 21.8. The van der Waals surface area contributed by atoms with Crippen LogP contribution in [0.3, 0.4) is 0 Å². The van der Waals surface area contributed by atoms with Gasteiger partial charge in [0.2, 0.25) is 10.0 Å². The second-order valence-corrected chi connectivity index (χ2v) is 9.79. The number of anilines is 1. The van der Waals surface area contributed by atoms with Gasteiger partial charge in [-0.15, -0.1) is 0 Å². The first-order valence-corrected chi connectivity index (χ1v) is 11.4. The van der Waals surface area contributed by atoms with Crippen molar-refractivity contribution < 1.29 is 22.4 Å². The number of oxazole rings is 1. The van der Waals surface area contributed by atoms with E-state index in [9.17, 15) is 18.0 Å². The highest BCUT2D eigenvalue weighted by Crippen LogP contribution is 2.34. The minimum Gasteiger partial charge on any atom is -0.444 e. The summed E-state index contributed by atoms with van der Waals surface area (Å²) in [4.78, 5) is 23.1. The van der Waals surface area contributed by atoms with E-state index in [0.29, 0.717) is 31.4 Å². The van der Waals surface area contributed by atoms with E-state index in [0.717, 1.165) is 16.8 Å². The van der Waals surface area contributed by atoms with Crippen LogP contribution in [0.1, 0.15) is 29.9 Å². The fraction of sp³-hybridized carbons (Fsp3) is 0.333. The largest absolute Gasteiger partial charge is 0.444 e. The predicted octanol–water partition coefficient (Wildman–Crippen LogP) is 2.76. The first-order valence-electron chi connectivity index (χ1n) is 9.99. The molecule has 1 fully saturated rings. The van der Waals surface area contributed by atoms with Crippen LogP contribution in [-0.4, -0.2) is 36.5 Å². The average molecular weight is 443 g/mol. The molecular weight excluding hydrogens is 422 g/mol. The van der Waals surface area contributed by atoms with Crippen molar-refractivity contribution in [3.05, 3.63) is 58.1 Å². The van der Waals surface area contributed by atoms with E-state index in [4.69, 9.17) is 9.15 Å². The number of rotatable bonds is 3. The second kappa shape index (κ2) is 7.24. The minimum absolute atomic E-state index is 0.120. The summed E-state index contributed by atoms with van der Waals surface area (Å²) in [6, 6.07) is 10.4. The molecule has 0 saturated carbocycles. The van der Waals surface area contributed by atoms with Crippen LogP contribution in [0.15, 0.2) is 50.5 Å². The second-order valence-electron chi connectivity index (χ2n) is 7.85. The Morgan fingerprint density at radius 1 is 1.06 bits per heavy atom. The molecule has 1 aromatic heterocycles. The highest BCUT2D eigenvalue weighted by Gasteiger charge is 2.31. The van der Waals surface area contributed by atoms with Gasteiger partial charge >= 0.3 is 11.8 Å². The molecule has 10 heteroatoms. The van der Waals surface area contributed by atoms with Gasteiger partial charge in [-0.05, 0) is 42.5 Å². The number of piperidine rings is 1. The van der Waals surface area contributed by atoms with Crippen LogP contribution < -0.4 is 11.1 Å². The minimum atomic E-state index is -3.69. The fourth-order valence-corrected chi connectivity index (χ4v) is 5.74. The number of cyclic esters (lactones) is 1. The quantitative estimate of drug-likeness (QED) is 0.666. The fourth-order valence-electron chi connectivity index (χ4n) is 4.25. The standard InChI is InChI=1S/C21H21N3O6S/c1-23-18-5-3-16(11-19(18)30-21(23)26)31(27,28)24-8-6-13(7-9-24)14-2-4-17-15(10-14)12-29-20(25)22-17/h2-5,10-11,13H,6-9,12H2,1H3,(H,22,25). The summed E-state index contributed by atoms with van der Waals surface area (Å²) in [5.41, 5.74) is 3.60. The number of ether oxygens (including phenoxy) is 1. The summed E-state index contributed by atoms with van der Waals surface area (Å²) in [6.07, 6.45) is 0.925. The van der Waals surface area contributed by atoms with Gasteiger partial charge in [0.05, 0.1) is 16.1 Å². The third-order valence-corrected chi connectivity index (χ3v) is 7.95. The van der Waals surface area contributed by atoms with Crippen molar-refractivity contribution in [3.8, 4) is 0 Å². The van der Waals surface area contributed by atoms with Gasteiger partial charge in [-0.2, -0.15) is 4.31 Å². The monoisotopic (exact) mass is 443 g/mol. The molecule has 1 amide bonds. The third kappa shape index (κ3) is 3.41. The number of fused-ring (bicyclic) bond motifs is 2. The zero-order valence-electron chi connectivity index (χ0n) is 16.8. The maximum Gasteiger partial charge on any atom is 0.419 e. The number of nitrogens with one attached hydrogen (secondary N) is 1. The highest BCUT2D eigenvalue weighted by molar-refractivity contribution is 7.89. The number of hydrogen-bond donors (Lipinski definition) is 1. The molecule has 0 atom stereocenters. The van der Waals surface area contributed by atoms with Crippen LogP contribution in [0.5, 0.6) is 0 Å². The molecule has 0 spiro atoms. The van der Waals surface area contributed by atoms with Crippen molar-refractivity contribution in [2.45, 2.75) is 30.3 Å². The summed E-state index contributed by atoms with van der Waals surface area (Å²) in [5, 5.41) is 2.68. The number of hydrogen-bond acceptors (Lipinski definition) is 6. The Labute approximate surface area is 178 Å². The van der Waals surface area contributed by atoms with E-state index >= 15 is 0 Å². The van der Waals surface area contributed by atoms with Crippen LogP contribution in [0.2, 0.25) is 0 Å². The van der Waals surface area contributed by atoms with E-state index in [-0.39, 0.29) is 23.0 Å². The lowest BCUT2D eigenvalue weighted by Gasteiger charge is -2.32. The molecule has 0 radical (unpaired) electrons. The first-order chi connectivity index (χ1) is 14.8. The molecule has 162 valence electrons. The summed E-state index contributed by atoms with van der Waals surface area (Å²) in [6.45, 7) is 1.03. The number of sulfonamides is 1. The van der Waals surface area contributed by atoms with Crippen molar-refractivity contribution in [1.29, 1.82) is 0 Å². The lowest BCUT2D eigenvalue weighted by Crippen LogP contribution is -2.37. The van der Waals surface area contributed by atoms with Crippen molar-refractivity contribution in [2.24, 2.45) is 7.05 Å². The maximum atomic E-state index is 13.1. The maximum absolute atomic E-state index is 13.1. The summed E-state index contributed by atoms with van der Waals surface area (Å²) in [7, 11) is -2.11. The lowest BCUT2D eigenvalue weighted by atomic mass is 9.89. The number of aryl methyl sites for hydroxylation is 1. The summed E-state index contributed by atoms with van der Waals surface area (Å²) >= 11 is 0. The molecular formula is C21H21N3O6S. The van der Waals surface area contributed by atoms with Crippen LogP contribution >= 0.6 is 0 Å². The van der Waals surface area contributed by atoms with Crippen molar-refractivity contribution >= 4 is 32.9 Å². The molecule has 5 rings (SSSR count). The van der Waals surface area contributed by atoms with Gasteiger partial charge in [-0.25, -0.2) is 18.0 Å². The molecule has 3 aromatic rings. The molecule has 1 saturated heterocycles. The van der Waals surface area contributed by atoms with Gasteiger partial charge in [0.1, 0.15) is 6.61 Å². The van der Waals surface area contributed by atoms with Gasteiger partial charge in [-0.1, -0.05) is 12.1 Å². The Morgan fingerprint density at radius 3 is 2.61 bits per heavy atom. The Morgan fingerprint density at radius 2 is 1.84 bits per heavy atom. The molecule has 0 unspecified atom stereocenters. The Balaban J connectivity index is 1.33. The Hall–Kier alpha value is -3.11. The molecule has 9 nitrogen and oxygen atoms in total. The molecule has 2 aliphatic rings. The van der Waals surface area contributed by atoms with Gasteiger partial charge in [0, 0.05) is 31.8 Å². The number of aromatic nitrogens is 1. The number of benzene rings is 2. The van der Waals surface area contributed by atoms with E-state index in [1.165, 1.54) is 21.0 Å². The van der Waals surface area contributed by atoms with Crippen LogP contribution in [0, 0.1) is 0 Å². The normalized spacial score (nSPS) is 17.9. The van der Waals surface area contributed by atoms with Crippen LogP contribution in [0.25, 0.3) is 11.1 Å². The Bertz CT molecular complexity index is 1350. The van der Waals surface area contributed by atoms with E-state index < -0.39 is 21.9 Å². The third-order valence-electron chi connectivity index (χ3n) is 6.05. The van der Waals surface area contributed by atoms with E-state index in [2.05, 4.69) is 5.32 Å². The van der Waals surface area contributed by atoms with Crippen molar-refractivity contribution in [3.63, 3.8) is 0 Å². The lowest BCUT2D eigenvalue weighted by molar-refractivity contribution is 0.151. The zero-order valence-corrected chi connectivity index (χ0v) is 17.6. The molecule has 3 heterocycles. The predicted molar refractivity (Wildman–Crippen MR) is 112 cm³/mol. The Kier molecular flexibility index (Phi) is 4.63. The van der Waals surface area contributed by atoms with Gasteiger partial charge in [0.15, 0.2) is 5.58 Å². The SMILES string of the molecule is Cn1c(=O)oc2cc(S(=O)(=O)N3CCC(c4ccc5c(c4)COC(=O)N5)CC3)ccc21. The van der Waals surface area contributed by atoms with E-state index in [1.807, 2.05) is 18.2 Å². The van der Waals surface area contributed by atoms with Crippen molar-refractivity contribution in [2.75, 3.05) is 18.4 Å². The smallest absolute Gasteiger partial charge is 0.419 e. The average Bonchev–Trinajstić information content (AvgIpc) is 3.06. The number of carbonyl (C=O) groups excluding carboxylic acids is 1. The highest BCUT2D eigenvalue weighted by atomic mass is 32.2. The van der Waals surface area contributed by atoms with Crippen LogP contribution in [-0.2, 0) is 28.4 Å². The van der Waals surface area contributed by atoms with E-state index in [1.54, 1.807) is 13.1 Å². The first kappa shape index (κ1) is 19.8.